The molecule has 0 atom stereocenters. The van der Waals surface area contributed by atoms with E-state index in [-0.39, 0.29) is 16.5 Å². The molecular weight excluding hydrogens is 328 g/mol. The molecule has 0 N–H and O–H groups in total. The van der Waals surface area contributed by atoms with Gasteiger partial charge in [0.15, 0.2) is 5.82 Å². The van der Waals surface area contributed by atoms with E-state index in [1.807, 2.05) is 0 Å². The van der Waals surface area contributed by atoms with Gasteiger partial charge in [0.05, 0.1) is 11.1 Å². The van der Waals surface area contributed by atoms with Crippen molar-refractivity contribution in [3.63, 3.8) is 0 Å². The Morgan fingerprint density at radius 2 is 1.86 bits per heavy atom. The molecule has 0 spiro atoms. The lowest BCUT2D eigenvalue weighted by atomic mass is 10.1. The molecule has 2 heterocycles. The first kappa shape index (κ1) is 14.2. The minimum Gasteiger partial charge on any atom is -0.217 e. The maximum atomic E-state index is 13.8. The molecule has 0 amide bonds. The van der Waals surface area contributed by atoms with Crippen LogP contribution in [0.1, 0.15) is 5.56 Å². The van der Waals surface area contributed by atoms with Crippen molar-refractivity contribution in [3.05, 3.63) is 46.2 Å². The second kappa shape index (κ2) is 4.92. The standard InChI is InChI=1S/C13H5ClF4N2S/c14-10-7-3-4-21-12(7)20-11(19-10)8-5-6(13(16,17)18)1-2-9(8)15/h1-5H. The minimum absolute atomic E-state index is 0.0769. The highest BCUT2D eigenvalue weighted by atomic mass is 35.5. The topological polar surface area (TPSA) is 25.8 Å². The Labute approximate surface area is 125 Å². The number of fused-ring (bicyclic) bond motifs is 1. The van der Waals surface area contributed by atoms with Crippen molar-refractivity contribution >= 4 is 33.2 Å². The monoisotopic (exact) mass is 332 g/mol. The van der Waals surface area contributed by atoms with Gasteiger partial charge in [-0.15, -0.1) is 11.3 Å². The largest absolute Gasteiger partial charge is 0.416 e. The smallest absolute Gasteiger partial charge is 0.217 e. The van der Waals surface area contributed by atoms with Crippen LogP contribution in [0.3, 0.4) is 0 Å². The van der Waals surface area contributed by atoms with Crippen LogP contribution < -0.4 is 0 Å². The molecule has 108 valence electrons. The molecule has 2 aromatic heterocycles. The van der Waals surface area contributed by atoms with E-state index >= 15 is 0 Å². The zero-order valence-electron chi connectivity index (χ0n) is 10.1. The Bertz CT molecular complexity index is 829. The highest BCUT2D eigenvalue weighted by molar-refractivity contribution is 7.16. The van der Waals surface area contributed by atoms with Crippen LogP contribution in [-0.4, -0.2) is 9.97 Å². The van der Waals surface area contributed by atoms with Crippen LogP contribution in [0.15, 0.2) is 29.6 Å². The number of nitrogens with zero attached hydrogens (tertiary/aromatic N) is 2. The summed E-state index contributed by atoms with van der Waals surface area (Å²) in [6.07, 6.45) is -4.57. The predicted molar refractivity (Wildman–Crippen MR) is 72.8 cm³/mol. The van der Waals surface area contributed by atoms with Gasteiger partial charge >= 0.3 is 6.18 Å². The van der Waals surface area contributed by atoms with E-state index in [4.69, 9.17) is 11.6 Å². The molecule has 3 aromatic rings. The van der Waals surface area contributed by atoms with Gasteiger partial charge in [0, 0.05) is 5.39 Å². The van der Waals surface area contributed by atoms with E-state index < -0.39 is 17.6 Å². The van der Waals surface area contributed by atoms with Gasteiger partial charge in [-0.3, -0.25) is 0 Å². The van der Waals surface area contributed by atoms with E-state index in [1.54, 1.807) is 11.4 Å². The molecule has 0 unspecified atom stereocenters. The summed E-state index contributed by atoms with van der Waals surface area (Å²) in [5.41, 5.74) is -1.30. The summed E-state index contributed by atoms with van der Waals surface area (Å²) < 4.78 is 51.9. The van der Waals surface area contributed by atoms with Crippen molar-refractivity contribution in [1.29, 1.82) is 0 Å². The first-order valence-corrected chi connectivity index (χ1v) is 6.90. The summed E-state index contributed by atoms with van der Waals surface area (Å²) in [5.74, 6) is -1.01. The molecule has 2 nitrogen and oxygen atoms in total. The third-order valence-corrected chi connectivity index (χ3v) is 3.91. The van der Waals surface area contributed by atoms with Crippen LogP contribution in [-0.2, 0) is 6.18 Å². The Morgan fingerprint density at radius 3 is 2.57 bits per heavy atom. The molecule has 0 fully saturated rings. The van der Waals surface area contributed by atoms with Gasteiger partial charge in [0.1, 0.15) is 15.8 Å². The summed E-state index contributed by atoms with van der Waals surface area (Å²) in [7, 11) is 0. The molecular formula is C13H5ClF4N2S. The molecule has 0 aliphatic heterocycles. The van der Waals surface area contributed by atoms with Crippen LogP contribution in [0.4, 0.5) is 17.6 Å². The number of halogens is 5. The van der Waals surface area contributed by atoms with Gasteiger partial charge in [-0.1, -0.05) is 11.6 Å². The van der Waals surface area contributed by atoms with Gasteiger partial charge in [-0.25, -0.2) is 14.4 Å². The van der Waals surface area contributed by atoms with Crippen molar-refractivity contribution in [3.8, 4) is 11.4 Å². The van der Waals surface area contributed by atoms with E-state index in [2.05, 4.69) is 9.97 Å². The second-order valence-corrected chi connectivity index (χ2v) is 5.42. The molecule has 3 rings (SSSR count). The number of aromatic nitrogens is 2. The van der Waals surface area contributed by atoms with Gasteiger partial charge in [0.25, 0.3) is 0 Å². The fraction of sp³-hybridized carbons (Fsp3) is 0.0769. The van der Waals surface area contributed by atoms with Crippen LogP contribution in [0.25, 0.3) is 21.6 Å². The van der Waals surface area contributed by atoms with Crippen molar-refractivity contribution < 1.29 is 17.6 Å². The molecule has 21 heavy (non-hydrogen) atoms. The zero-order valence-corrected chi connectivity index (χ0v) is 11.7. The maximum Gasteiger partial charge on any atom is 0.416 e. The van der Waals surface area contributed by atoms with E-state index in [9.17, 15) is 17.6 Å². The number of thiophene rings is 1. The number of benzene rings is 1. The fourth-order valence-corrected chi connectivity index (χ4v) is 2.87. The first-order valence-electron chi connectivity index (χ1n) is 5.64. The van der Waals surface area contributed by atoms with Crippen LogP contribution in [0, 0.1) is 5.82 Å². The van der Waals surface area contributed by atoms with Gasteiger partial charge < -0.3 is 0 Å². The zero-order chi connectivity index (χ0) is 15.2. The Morgan fingerprint density at radius 1 is 1.10 bits per heavy atom. The van der Waals surface area contributed by atoms with Crippen LogP contribution >= 0.6 is 22.9 Å². The lowest BCUT2D eigenvalue weighted by Crippen LogP contribution is -2.06. The van der Waals surface area contributed by atoms with E-state index in [1.165, 1.54) is 11.3 Å². The molecule has 0 saturated heterocycles. The summed E-state index contributed by atoms with van der Waals surface area (Å²) in [6, 6.07) is 3.78. The first-order chi connectivity index (χ1) is 9.86. The van der Waals surface area contributed by atoms with Crippen LogP contribution in [0.5, 0.6) is 0 Å². The minimum atomic E-state index is -4.57. The third kappa shape index (κ3) is 2.58. The van der Waals surface area contributed by atoms with Crippen molar-refractivity contribution in [2.24, 2.45) is 0 Å². The normalized spacial score (nSPS) is 12.0. The number of hydrogen-bond acceptors (Lipinski definition) is 3. The maximum absolute atomic E-state index is 13.8. The molecule has 0 saturated carbocycles. The summed E-state index contributed by atoms with van der Waals surface area (Å²) in [4.78, 5) is 8.44. The molecule has 1 aromatic carbocycles. The molecule has 8 heteroatoms. The van der Waals surface area contributed by atoms with Gasteiger partial charge in [-0.2, -0.15) is 13.2 Å². The lowest BCUT2D eigenvalue weighted by molar-refractivity contribution is -0.137. The molecule has 0 radical (unpaired) electrons. The Hall–Kier alpha value is -1.73. The SMILES string of the molecule is Fc1ccc(C(F)(F)F)cc1-c1nc(Cl)c2ccsc2n1. The second-order valence-electron chi connectivity index (χ2n) is 4.17. The van der Waals surface area contributed by atoms with Gasteiger partial charge in [-0.05, 0) is 29.6 Å². The van der Waals surface area contributed by atoms with E-state index in [0.29, 0.717) is 22.3 Å². The summed E-state index contributed by atoms with van der Waals surface area (Å²) in [5, 5.41) is 2.38. The van der Waals surface area contributed by atoms with Crippen molar-refractivity contribution in [2.45, 2.75) is 6.18 Å². The molecule has 0 bridgehead atoms. The summed E-state index contributed by atoms with van der Waals surface area (Å²) >= 11 is 7.19. The highest BCUT2D eigenvalue weighted by Crippen LogP contribution is 2.34. The predicted octanol–water partition coefficient (Wildman–Crippen LogP) is 5.17. The fourth-order valence-electron chi connectivity index (χ4n) is 1.81. The van der Waals surface area contributed by atoms with Crippen molar-refractivity contribution in [1.82, 2.24) is 9.97 Å². The average molecular weight is 333 g/mol. The van der Waals surface area contributed by atoms with E-state index in [0.717, 1.165) is 6.07 Å². The lowest BCUT2D eigenvalue weighted by Gasteiger charge is -2.09. The third-order valence-electron chi connectivity index (χ3n) is 2.81. The number of alkyl halides is 3. The quantitative estimate of drug-likeness (QED) is 0.454. The summed E-state index contributed by atoms with van der Waals surface area (Å²) in [6.45, 7) is 0. The average Bonchev–Trinajstić information content (AvgIpc) is 2.86. The molecule has 0 aliphatic rings. The Balaban J connectivity index is 2.22. The number of hydrogen-bond donors (Lipinski definition) is 0. The Kier molecular flexibility index (Phi) is 3.33. The van der Waals surface area contributed by atoms with Gasteiger partial charge in [0.2, 0.25) is 0 Å². The van der Waals surface area contributed by atoms with Crippen molar-refractivity contribution in [2.75, 3.05) is 0 Å². The molecule has 0 aliphatic carbocycles. The highest BCUT2D eigenvalue weighted by Gasteiger charge is 2.31. The van der Waals surface area contributed by atoms with Crippen LogP contribution in [0.2, 0.25) is 5.15 Å². The number of rotatable bonds is 1.